The average Bonchev–Trinajstić information content (AvgIpc) is 2.62. The molecule has 0 spiro atoms. The molecular formula is C18H17F2N3O4. The van der Waals surface area contributed by atoms with Crippen molar-refractivity contribution in [1.82, 2.24) is 10.5 Å². The molecule has 7 nitrogen and oxygen atoms in total. The van der Waals surface area contributed by atoms with Crippen molar-refractivity contribution >= 4 is 23.1 Å². The van der Waals surface area contributed by atoms with Gasteiger partial charge in [-0.25, -0.2) is 24.0 Å². The number of carbonyl (C=O) groups excluding carboxylic acids is 2. The quantitative estimate of drug-likeness (QED) is 0.434. The Kier molecular flexibility index (Phi) is 6.07. The van der Waals surface area contributed by atoms with Crippen LogP contribution in [0.4, 0.5) is 20.2 Å². The molecule has 0 fully saturated rings. The second-order valence-corrected chi connectivity index (χ2v) is 5.46. The van der Waals surface area contributed by atoms with E-state index in [2.05, 4.69) is 27.1 Å². The molecule has 2 aromatic rings. The summed E-state index contributed by atoms with van der Waals surface area (Å²) < 4.78 is 33.7. The molecule has 2 rings (SSSR count). The van der Waals surface area contributed by atoms with Crippen molar-refractivity contribution in [3.63, 3.8) is 0 Å². The first-order chi connectivity index (χ1) is 12.8. The highest BCUT2D eigenvalue weighted by molar-refractivity contribution is 6.00. The number of methoxy groups -OCH3 is 1. The van der Waals surface area contributed by atoms with Gasteiger partial charge in [0.05, 0.1) is 12.8 Å². The third kappa shape index (κ3) is 4.38. The molecule has 0 aliphatic carbocycles. The maximum absolute atomic E-state index is 15.1. The number of Topliss-reactive ketones (excluding diaryl/α,β-unsaturated/α-hetero) is 1. The molecule has 0 aliphatic rings. The number of aromatic nitrogens is 1. The van der Waals surface area contributed by atoms with Crippen LogP contribution < -0.4 is 15.6 Å². The van der Waals surface area contributed by atoms with Crippen LogP contribution in [0.25, 0.3) is 0 Å². The second-order valence-electron chi connectivity index (χ2n) is 5.46. The first-order valence-corrected chi connectivity index (χ1v) is 7.68. The summed E-state index contributed by atoms with van der Waals surface area (Å²) in [7, 11) is 1.06. The third-order valence-corrected chi connectivity index (χ3v) is 3.27. The standard InChI is InChI=1S/C18H17F2N3O4/c1-9(2)23-27-17-13(20)15(21-12-8-6-5-7-11(12)19)16(18(25)26-4)22-14(17)10(3)24/h5-8,21,23H,1H2,2-4H3. The van der Waals surface area contributed by atoms with Crippen molar-refractivity contribution in [1.29, 1.82) is 0 Å². The van der Waals surface area contributed by atoms with E-state index in [4.69, 9.17) is 4.84 Å². The molecule has 0 radical (unpaired) electrons. The molecule has 1 aromatic heterocycles. The lowest BCUT2D eigenvalue weighted by molar-refractivity contribution is 0.0594. The van der Waals surface area contributed by atoms with Gasteiger partial charge in [0.15, 0.2) is 23.0 Å². The summed E-state index contributed by atoms with van der Waals surface area (Å²) in [6.45, 7) is 6.20. The van der Waals surface area contributed by atoms with Crippen molar-refractivity contribution < 1.29 is 27.9 Å². The number of ether oxygens (including phenoxy) is 1. The van der Waals surface area contributed by atoms with Gasteiger partial charge < -0.3 is 14.9 Å². The number of hydroxylamine groups is 1. The van der Waals surface area contributed by atoms with Gasteiger partial charge in [-0.2, -0.15) is 0 Å². The van der Waals surface area contributed by atoms with Gasteiger partial charge in [-0.05, 0) is 19.1 Å². The summed E-state index contributed by atoms with van der Waals surface area (Å²) in [5, 5.41) is 2.46. The summed E-state index contributed by atoms with van der Waals surface area (Å²) in [6, 6.07) is 5.44. The molecule has 0 unspecified atom stereocenters. The number of halogens is 2. The van der Waals surface area contributed by atoms with Crippen LogP contribution in [0.2, 0.25) is 0 Å². The number of pyridine rings is 1. The van der Waals surface area contributed by atoms with E-state index in [-0.39, 0.29) is 5.69 Å². The molecule has 0 aliphatic heterocycles. The Morgan fingerprint density at radius 2 is 1.81 bits per heavy atom. The van der Waals surface area contributed by atoms with Crippen LogP contribution in [0.3, 0.4) is 0 Å². The molecule has 2 N–H and O–H groups in total. The van der Waals surface area contributed by atoms with Crippen molar-refractivity contribution in [3.8, 4) is 5.75 Å². The van der Waals surface area contributed by atoms with Crippen molar-refractivity contribution in [2.45, 2.75) is 13.8 Å². The lowest BCUT2D eigenvalue weighted by atomic mass is 10.1. The smallest absolute Gasteiger partial charge is 0.358 e. The van der Waals surface area contributed by atoms with Crippen molar-refractivity contribution in [2.24, 2.45) is 0 Å². The van der Waals surface area contributed by atoms with Crippen LogP contribution in [-0.4, -0.2) is 23.8 Å². The highest BCUT2D eigenvalue weighted by Gasteiger charge is 2.28. The van der Waals surface area contributed by atoms with Crippen LogP contribution in [0.1, 0.15) is 34.8 Å². The molecule has 0 saturated heterocycles. The number of anilines is 2. The minimum absolute atomic E-state index is 0.113. The molecule has 0 amide bonds. The zero-order valence-electron chi connectivity index (χ0n) is 14.9. The second kappa shape index (κ2) is 8.26. The van der Waals surface area contributed by atoms with E-state index in [1.54, 1.807) is 6.92 Å². The van der Waals surface area contributed by atoms with Gasteiger partial charge in [0.1, 0.15) is 11.5 Å². The van der Waals surface area contributed by atoms with Gasteiger partial charge in [0.2, 0.25) is 5.75 Å². The van der Waals surface area contributed by atoms with Gasteiger partial charge in [0, 0.05) is 12.6 Å². The van der Waals surface area contributed by atoms with E-state index < -0.39 is 46.2 Å². The van der Waals surface area contributed by atoms with Crippen molar-refractivity contribution in [2.75, 3.05) is 12.4 Å². The molecule has 1 heterocycles. The van der Waals surface area contributed by atoms with Crippen LogP contribution in [0, 0.1) is 11.6 Å². The molecule has 142 valence electrons. The fourth-order valence-corrected chi connectivity index (χ4v) is 2.07. The van der Waals surface area contributed by atoms with Gasteiger partial charge in [0.25, 0.3) is 0 Å². The zero-order chi connectivity index (χ0) is 20.1. The topological polar surface area (TPSA) is 89.5 Å². The van der Waals surface area contributed by atoms with E-state index in [1.165, 1.54) is 18.2 Å². The summed E-state index contributed by atoms with van der Waals surface area (Å²) in [4.78, 5) is 32.8. The summed E-state index contributed by atoms with van der Waals surface area (Å²) in [5.41, 5.74) is 1.04. The number of hydrogen-bond acceptors (Lipinski definition) is 7. The lowest BCUT2D eigenvalue weighted by Crippen LogP contribution is -2.21. The van der Waals surface area contributed by atoms with Gasteiger partial charge >= 0.3 is 5.97 Å². The fourth-order valence-electron chi connectivity index (χ4n) is 2.07. The van der Waals surface area contributed by atoms with Gasteiger partial charge in [-0.3, -0.25) is 4.79 Å². The molecule has 0 atom stereocenters. The number of ketones is 1. The minimum atomic E-state index is -1.13. The Labute approximate surface area is 154 Å². The Morgan fingerprint density at radius 1 is 1.15 bits per heavy atom. The Hall–Kier alpha value is -3.49. The first kappa shape index (κ1) is 19.8. The SMILES string of the molecule is C=C(C)NOc1c(C(C)=O)nc(C(=O)OC)c(Nc2ccccc2F)c1F. The van der Waals surface area contributed by atoms with Crippen LogP contribution in [0.15, 0.2) is 36.5 Å². The molecule has 27 heavy (non-hydrogen) atoms. The third-order valence-electron chi connectivity index (χ3n) is 3.27. The van der Waals surface area contributed by atoms with Crippen LogP contribution >= 0.6 is 0 Å². The Balaban J connectivity index is 2.68. The largest absolute Gasteiger partial charge is 0.464 e. The number of esters is 1. The number of allylic oxidation sites excluding steroid dienone is 1. The van der Waals surface area contributed by atoms with Gasteiger partial charge in [-0.1, -0.05) is 18.7 Å². The predicted molar refractivity (Wildman–Crippen MR) is 93.8 cm³/mol. The summed E-state index contributed by atoms with van der Waals surface area (Å²) in [6.07, 6.45) is 0. The monoisotopic (exact) mass is 377 g/mol. The number of nitrogens with one attached hydrogen (secondary N) is 2. The minimum Gasteiger partial charge on any atom is -0.464 e. The first-order valence-electron chi connectivity index (χ1n) is 7.68. The molecule has 1 aromatic carbocycles. The number of benzene rings is 1. The molecule has 0 bridgehead atoms. The van der Waals surface area contributed by atoms with Gasteiger partial charge in [-0.15, -0.1) is 0 Å². The van der Waals surface area contributed by atoms with E-state index in [9.17, 15) is 14.0 Å². The maximum atomic E-state index is 15.1. The molecule has 0 saturated carbocycles. The summed E-state index contributed by atoms with van der Waals surface area (Å²) in [5.74, 6) is -4.07. The number of rotatable bonds is 7. The zero-order valence-corrected chi connectivity index (χ0v) is 14.9. The van der Waals surface area contributed by atoms with Crippen LogP contribution in [0.5, 0.6) is 5.75 Å². The highest BCUT2D eigenvalue weighted by Crippen LogP contribution is 2.33. The number of nitrogens with zero attached hydrogens (tertiary/aromatic N) is 1. The number of carbonyl (C=O) groups is 2. The fraction of sp³-hybridized carbons (Fsp3) is 0.167. The highest BCUT2D eigenvalue weighted by atomic mass is 19.1. The average molecular weight is 377 g/mol. The van der Waals surface area contributed by atoms with Crippen LogP contribution in [-0.2, 0) is 4.74 Å². The van der Waals surface area contributed by atoms with E-state index in [0.717, 1.165) is 20.1 Å². The molecular weight excluding hydrogens is 360 g/mol. The maximum Gasteiger partial charge on any atom is 0.358 e. The predicted octanol–water partition coefficient (Wildman–Crippen LogP) is 3.51. The number of para-hydroxylation sites is 1. The van der Waals surface area contributed by atoms with E-state index in [1.807, 2.05) is 0 Å². The summed E-state index contributed by atoms with van der Waals surface area (Å²) >= 11 is 0. The lowest BCUT2D eigenvalue weighted by Gasteiger charge is -2.17. The Morgan fingerprint density at radius 3 is 2.37 bits per heavy atom. The normalized spacial score (nSPS) is 10.1. The molecule has 9 heteroatoms. The Bertz CT molecular complexity index is 916. The number of hydrogen-bond donors (Lipinski definition) is 2. The van der Waals surface area contributed by atoms with E-state index in [0.29, 0.717) is 5.70 Å². The van der Waals surface area contributed by atoms with E-state index >= 15 is 4.39 Å². The van der Waals surface area contributed by atoms with Crippen molar-refractivity contribution in [3.05, 3.63) is 59.6 Å².